The summed E-state index contributed by atoms with van der Waals surface area (Å²) in [6.45, 7) is 4.46. The molecular formula is C23H28INO4. The molecule has 5 nitrogen and oxygen atoms in total. The molecule has 2 aromatic carbocycles. The minimum atomic E-state index is -0.223. The summed E-state index contributed by atoms with van der Waals surface area (Å²) in [5.41, 5.74) is 0.639. The van der Waals surface area contributed by atoms with E-state index in [0.717, 1.165) is 12.8 Å². The van der Waals surface area contributed by atoms with Crippen molar-refractivity contribution < 1.29 is 42.7 Å². The lowest BCUT2D eigenvalue weighted by molar-refractivity contribution is -0.897. The second-order valence-corrected chi connectivity index (χ2v) is 8.15. The maximum atomic E-state index is 12.6. The molecule has 0 bridgehead atoms. The second-order valence-electron chi connectivity index (χ2n) is 8.15. The number of rotatable bonds is 7. The molecule has 1 saturated heterocycles. The third kappa shape index (κ3) is 4.86. The molecule has 0 radical (unpaired) electrons. The van der Waals surface area contributed by atoms with Gasteiger partial charge in [0.2, 0.25) is 5.43 Å². The molecule has 1 N–H and O–H groups in total. The van der Waals surface area contributed by atoms with Crippen molar-refractivity contribution in [3.63, 3.8) is 0 Å². The van der Waals surface area contributed by atoms with Gasteiger partial charge in [-0.1, -0.05) is 12.1 Å². The first-order valence-corrected chi connectivity index (χ1v) is 10.2. The van der Waals surface area contributed by atoms with Gasteiger partial charge in [0.05, 0.1) is 38.7 Å². The fraction of sp³-hybridized carbons (Fsp3) is 0.435. The number of fused-ring (bicyclic) bond motifs is 2. The van der Waals surface area contributed by atoms with Crippen molar-refractivity contribution in [3.05, 3.63) is 46.6 Å². The van der Waals surface area contributed by atoms with Gasteiger partial charge in [0, 0.05) is 25.0 Å². The van der Waals surface area contributed by atoms with Crippen LogP contribution in [0.25, 0.3) is 21.9 Å². The number of hydrogen-bond donors (Lipinski definition) is 1. The smallest absolute Gasteiger partial charge is 0.204 e. The van der Waals surface area contributed by atoms with E-state index in [9.17, 15) is 9.90 Å². The topological polar surface area (TPSA) is 59.7 Å². The predicted octanol–water partition coefficient (Wildman–Crippen LogP) is 1.45. The van der Waals surface area contributed by atoms with Crippen LogP contribution in [0.2, 0.25) is 0 Å². The number of aromatic hydroxyl groups is 1. The zero-order valence-electron chi connectivity index (χ0n) is 16.8. The first-order chi connectivity index (χ1) is 13.6. The summed E-state index contributed by atoms with van der Waals surface area (Å²) in [5, 5.41) is 11.0. The molecule has 3 aromatic rings. The Morgan fingerprint density at radius 1 is 1.07 bits per heavy atom. The zero-order chi connectivity index (χ0) is 19.6. The Labute approximate surface area is 187 Å². The summed E-state index contributed by atoms with van der Waals surface area (Å²) in [7, 11) is 2.36. The van der Waals surface area contributed by atoms with Crippen LogP contribution in [-0.4, -0.2) is 42.9 Å². The van der Waals surface area contributed by atoms with Crippen LogP contribution in [0.15, 0.2) is 45.6 Å². The van der Waals surface area contributed by atoms with E-state index in [4.69, 9.17) is 9.15 Å². The molecule has 29 heavy (non-hydrogen) atoms. The maximum Gasteiger partial charge on any atom is 0.204 e. The number of ether oxygens (including phenoxy) is 1. The number of halogens is 1. The third-order valence-electron chi connectivity index (χ3n) is 5.89. The molecular weight excluding hydrogens is 481 g/mol. The van der Waals surface area contributed by atoms with E-state index < -0.39 is 0 Å². The largest absolute Gasteiger partial charge is 1.00 e. The summed E-state index contributed by atoms with van der Waals surface area (Å²) >= 11 is 0. The number of phenols is 1. The Morgan fingerprint density at radius 2 is 1.83 bits per heavy atom. The van der Waals surface area contributed by atoms with E-state index in [-0.39, 0.29) is 40.5 Å². The van der Waals surface area contributed by atoms with Crippen LogP contribution < -0.4 is 34.1 Å². The van der Waals surface area contributed by atoms with E-state index in [2.05, 4.69) is 7.05 Å². The van der Waals surface area contributed by atoms with Crippen LogP contribution in [-0.2, 0) is 0 Å². The summed E-state index contributed by atoms with van der Waals surface area (Å²) in [5.74, 6) is 0.431. The predicted molar refractivity (Wildman–Crippen MR) is 111 cm³/mol. The Balaban J connectivity index is 0.00000240. The van der Waals surface area contributed by atoms with Gasteiger partial charge < -0.3 is 42.7 Å². The molecule has 1 aromatic heterocycles. The number of quaternary nitrogens is 1. The monoisotopic (exact) mass is 509 g/mol. The molecule has 6 heteroatoms. The molecule has 2 heterocycles. The Hall–Kier alpha value is -1.80. The molecule has 0 aliphatic carbocycles. The van der Waals surface area contributed by atoms with Gasteiger partial charge in [-0.3, -0.25) is 4.79 Å². The lowest BCUT2D eigenvalue weighted by Gasteiger charge is -2.29. The first-order valence-electron chi connectivity index (χ1n) is 10.2. The average molecular weight is 509 g/mol. The molecule has 156 valence electrons. The molecule has 1 aliphatic rings. The summed E-state index contributed by atoms with van der Waals surface area (Å²) in [6, 6.07) is 10.3. The highest BCUT2D eigenvalue weighted by Crippen LogP contribution is 2.30. The SMILES string of the molecule is C[N+]1(CCCCCOc2cc(O)c3c(=O)c4ccccc4oc3c2)CCCC1.[I-]. The van der Waals surface area contributed by atoms with Crippen LogP contribution >= 0.6 is 0 Å². The maximum absolute atomic E-state index is 12.6. The normalized spacial score (nSPS) is 15.5. The van der Waals surface area contributed by atoms with E-state index in [0.29, 0.717) is 28.9 Å². The molecule has 1 aliphatic heterocycles. The Kier molecular flexibility index (Phi) is 7.05. The highest BCUT2D eigenvalue weighted by Gasteiger charge is 2.25. The van der Waals surface area contributed by atoms with Crippen LogP contribution in [0.3, 0.4) is 0 Å². The minimum Gasteiger partial charge on any atom is -1.00 e. The van der Waals surface area contributed by atoms with Crippen molar-refractivity contribution in [2.75, 3.05) is 33.3 Å². The van der Waals surface area contributed by atoms with Crippen molar-refractivity contribution in [2.45, 2.75) is 32.1 Å². The van der Waals surface area contributed by atoms with Crippen molar-refractivity contribution in [2.24, 2.45) is 0 Å². The molecule has 4 rings (SSSR count). The van der Waals surface area contributed by atoms with E-state index in [1.54, 1.807) is 24.3 Å². The second kappa shape index (κ2) is 9.34. The van der Waals surface area contributed by atoms with Crippen LogP contribution in [0.5, 0.6) is 11.5 Å². The van der Waals surface area contributed by atoms with Gasteiger partial charge >= 0.3 is 0 Å². The average Bonchev–Trinajstić information content (AvgIpc) is 3.11. The lowest BCUT2D eigenvalue weighted by Crippen LogP contribution is -3.00. The van der Waals surface area contributed by atoms with Crippen molar-refractivity contribution >= 4 is 21.9 Å². The van der Waals surface area contributed by atoms with Crippen molar-refractivity contribution in [1.29, 1.82) is 0 Å². The minimum absolute atomic E-state index is 0. The van der Waals surface area contributed by atoms with Gasteiger partial charge in [0.1, 0.15) is 28.1 Å². The highest BCUT2D eigenvalue weighted by atomic mass is 127. The van der Waals surface area contributed by atoms with Gasteiger partial charge in [-0.25, -0.2) is 0 Å². The number of para-hydroxylation sites is 1. The number of unbranched alkanes of at least 4 members (excludes halogenated alkanes) is 2. The molecule has 1 fully saturated rings. The van der Waals surface area contributed by atoms with E-state index in [1.807, 2.05) is 6.07 Å². The summed E-state index contributed by atoms with van der Waals surface area (Å²) < 4.78 is 12.9. The first kappa shape index (κ1) is 21.9. The van der Waals surface area contributed by atoms with Crippen molar-refractivity contribution in [1.82, 2.24) is 0 Å². The highest BCUT2D eigenvalue weighted by molar-refractivity contribution is 5.93. The lowest BCUT2D eigenvalue weighted by atomic mass is 10.1. The summed E-state index contributed by atoms with van der Waals surface area (Å²) in [6.07, 6.45) is 6.03. The van der Waals surface area contributed by atoms with Crippen LogP contribution in [0, 0.1) is 0 Å². The number of phenolic OH excluding ortho intramolecular Hbond substituents is 1. The molecule has 0 amide bonds. The number of nitrogens with zero attached hydrogens (tertiary/aromatic N) is 1. The Morgan fingerprint density at radius 3 is 2.62 bits per heavy atom. The molecule has 0 saturated carbocycles. The number of benzene rings is 2. The quantitative estimate of drug-likeness (QED) is 0.227. The molecule has 0 spiro atoms. The van der Waals surface area contributed by atoms with E-state index >= 15 is 0 Å². The number of hydrogen-bond acceptors (Lipinski definition) is 4. The third-order valence-corrected chi connectivity index (χ3v) is 5.89. The van der Waals surface area contributed by atoms with Gasteiger partial charge in [0.15, 0.2) is 0 Å². The van der Waals surface area contributed by atoms with Gasteiger partial charge in [-0.05, 0) is 31.4 Å². The standard InChI is InChI=1S/C23H27NO4.HI/c1-24(12-6-7-13-24)11-5-2-8-14-27-17-15-19(25)22-21(16-17)28-20-10-4-3-9-18(20)23(22)26;/h3-4,9-10,15-16H,2,5-8,11-14H2,1H3;1H. The molecule has 0 atom stereocenters. The fourth-order valence-corrected chi connectivity index (χ4v) is 4.25. The molecule has 0 unspecified atom stereocenters. The van der Waals surface area contributed by atoms with Gasteiger partial charge in [-0.15, -0.1) is 0 Å². The van der Waals surface area contributed by atoms with Gasteiger partial charge in [-0.2, -0.15) is 0 Å². The van der Waals surface area contributed by atoms with E-state index in [1.165, 1.54) is 49.4 Å². The Bertz CT molecular complexity index is 1040. The van der Waals surface area contributed by atoms with Crippen molar-refractivity contribution in [3.8, 4) is 11.5 Å². The van der Waals surface area contributed by atoms with Crippen LogP contribution in [0.4, 0.5) is 0 Å². The zero-order valence-corrected chi connectivity index (χ0v) is 19.0. The van der Waals surface area contributed by atoms with Crippen LogP contribution in [0.1, 0.15) is 32.1 Å². The summed E-state index contributed by atoms with van der Waals surface area (Å²) in [4.78, 5) is 12.6. The fourth-order valence-electron chi connectivity index (χ4n) is 4.25. The van der Waals surface area contributed by atoms with Gasteiger partial charge in [0.25, 0.3) is 0 Å². The number of likely N-dealkylation sites (tertiary alicyclic amines) is 1.